The molecule has 0 saturated carbocycles. The van der Waals surface area contributed by atoms with Gasteiger partial charge in [-0.25, -0.2) is 24.5 Å². The van der Waals surface area contributed by atoms with Crippen molar-refractivity contribution in [3.05, 3.63) is 99.9 Å². The van der Waals surface area contributed by atoms with E-state index in [2.05, 4.69) is 14.8 Å². The molecule has 0 fully saturated rings. The highest BCUT2D eigenvalue weighted by molar-refractivity contribution is 6.03. The number of aromatic nitrogens is 2. The maximum absolute atomic E-state index is 13.4. The Labute approximate surface area is 187 Å². The summed E-state index contributed by atoms with van der Waals surface area (Å²) < 4.78 is 13.4. The lowest BCUT2D eigenvalue weighted by molar-refractivity contribution is 0.628. The molecule has 150 valence electrons. The summed E-state index contributed by atoms with van der Waals surface area (Å²) in [5.74, 6) is -0.346. The molecule has 0 saturated heterocycles. The van der Waals surface area contributed by atoms with E-state index in [1.54, 1.807) is 12.1 Å². The van der Waals surface area contributed by atoms with E-state index in [1.165, 1.54) is 24.3 Å². The highest BCUT2D eigenvalue weighted by Gasteiger charge is 2.30. The highest BCUT2D eigenvalue weighted by Crippen LogP contribution is 2.46. The van der Waals surface area contributed by atoms with Gasteiger partial charge in [0.1, 0.15) is 18.0 Å². The fraction of sp³-hybridized carbons (Fsp3) is 0. The molecule has 0 radical (unpaired) electrons. The minimum Gasteiger partial charge on any atom is -0.245 e. The predicted molar refractivity (Wildman–Crippen MR) is 118 cm³/mol. The predicted octanol–water partition coefficient (Wildman–Crippen LogP) is 5.36. The number of fused-ring (bicyclic) bond motifs is 4. The summed E-state index contributed by atoms with van der Waals surface area (Å²) in [5.41, 5.74) is 5.14. The zero-order valence-corrected chi connectivity index (χ0v) is 16.8. The van der Waals surface area contributed by atoms with Crippen LogP contribution in [0.15, 0.2) is 60.3 Å². The first-order valence-corrected chi connectivity index (χ1v) is 9.67. The van der Waals surface area contributed by atoms with Gasteiger partial charge in [0.15, 0.2) is 0 Å². The quantitative estimate of drug-likeness (QED) is 0.266. The van der Waals surface area contributed by atoms with Crippen molar-refractivity contribution in [2.75, 3.05) is 0 Å². The van der Waals surface area contributed by atoms with Crippen LogP contribution in [0.25, 0.3) is 43.8 Å². The lowest BCUT2D eigenvalue weighted by Crippen LogP contribution is -1.96. The van der Waals surface area contributed by atoms with E-state index < -0.39 is 0 Å². The van der Waals surface area contributed by atoms with Crippen molar-refractivity contribution < 1.29 is 4.39 Å². The summed E-state index contributed by atoms with van der Waals surface area (Å²) in [6.07, 6.45) is 0. The minimum atomic E-state index is -0.346. The van der Waals surface area contributed by atoms with Crippen LogP contribution in [0.5, 0.6) is 0 Å². The van der Waals surface area contributed by atoms with Crippen LogP contribution in [0.1, 0.15) is 22.4 Å². The Morgan fingerprint density at radius 3 is 1.97 bits per heavy atom. The Balaban J connectivity index is 1.82. The lowest BCUT2D eigenvalue weighted by atomic mass is 9.97. The molecule has 1 aliphatic carbocycles. The number of nitriles is 3. The molecule has 0 atom stereocenters. The molecule has 7 heteroatoms. The van der Waals surface area contributed by atoms with Crippen LogP contribution in [0, 0.1) is 46.4 Å². The fourth-order valence-electron chi connectivity index (χ4n) is 3.93. The summed E-state index contributed by atoms with van der Waals surface area (Å²) in [6, 6.07) is 20.5. The molecule has 5 rings (SSSR count). The van der Waals surface area contributed by atoms with Gasteiger partial charge in [0.2, 0.25) is 0 Å². The molecular formula is C26H9FN6. The smallest absolute Gasteiger partial charge is 0.245 e. The molecule has 4 aromatic rings. The van der Waals surface area contributed by atoms with Crippen molar-refractivity contribution >= 4 is 16.6 Å². The van der Waals surface area contributed by atoms with Gasteiger partial charge in [0.05, 0.1) is 46.2 Å². The molecule has 6 nitrogen and oxygen atoms in total. The van der Waals surface area contributed by atoms with Gasteiger partial charge >= 0.3 is 0 Å². The molecule has 0 N–H and O–H groups in total. The molecule has 33 heavy (non-hydrogen) atoms. The lowest BCUT2D eigenvalue weighted by Gasteiger charge is -2.07. The Morgan fingerprint density at radius 1 is 0.788 bits per heavy atom. The summed E-state index contributed by atoms with van der Waals surface area (Å²) in [6.45, 7) is 7.50. The van der Waals surface area contributed by atoms with Crippen LogP contribution >= 0.6 is 0 Å². The van der Waals surface area contributed by atoms with Crippen molar-refractivity contribution in [3.8, 4) is 40.6 Å². The largest absolute Gasteiger partial charge is 0.271 e. The van der Waals surface area contributed by atoms with Crippen LogP contribution < -0.4 is 0 Å². The molecule has 1 aromatic heterocycles. The zero-order chi connectivity index (χ0) is 23.1. The monoisotopic (exact) mass is 424 g/mol. The Kier molecular flexibility index (Phi) is 4.39. The highest BCUT2D eigenvalue weighted by atomic mass is 19.1. The van der Waals surface area contributed by atoms with Gasteiger partial charge < -0.3 is 0 Å². The molecule has 0 bridgehead atoms. The Morgan fingerprint density at radius 2 is 1.39 bits per heavy atom. The standard InChI is InChI=1S/C26H9FN6/c1-31-23(13-30)24-20-8-15(14-2-5-18(27)6-3-14)4-7-19(20)25-26(24)33-22-10-17(12-29)16(11-28)9-21(22)32-25/h2-10H/b24-23+. The molecule has 3 aromatic carbocycles. The number of rotatable bonds is 1. The second-order valence-corrected chi connectivity index (χ2v) is 7.25. The molecule has 0 amide bonds. The fourth-order valence-corrected chi connectivity index (χ4v) is 3.93. The van der Waals surface area contributed by atoms with Crippen LogP contribution in [-0.2, 0) is 0 Å². The Bertz CT molecular complexity index is 1690. The van der Waals surface area contributed by atoms with Gasteiger partial charge in [-0.3, -0.25) is 0 Å². The van der Waals surface area contributed by atoms with Crippen LogP contribution in [0.2, 0.25) is 0 Å². The summed E-state index contributed by atoms with van der Waals surface area (Å²) in [7, 11) is 0. The van der Waals surface area contributed by atoms with Crippen molar-refractivity contribution in [1.29, 1.82) is 15.8 Å². The van der Waals surface area contributed by atoms with Crippen molar-refractivity contribution in [3.63, 3.8) is 0 Å². The molecule has 1 heterocycles. The first kappa shape index (κ1) is 19.6. The van der Waals surface area contributed by atoms with Crippen molar-refractivity contribution in [2.45, 2.75) is 0 Å². The summed E-state index contributed by atoms with van der Waals surface area (Å²) in [5, 5.41) is 28.3. The maximum atomic E-state index is 13.4. The van der Waals surface area contributed by atoms with Crippen LogP contribution in [0.4, 0.5) is 4.39 Å². The zero-order valence-electron chi connectivity index (χ0n) is 16.8. The molecule has 1 aliphatic rings. The van der Waals surface area contributed by atoms with Gasteiger partial charge in [-0.05, 0) is 47.0 Å². The molecular weight excluding hydrogens is 415 g/mol. The van der Waals surface area contributed by atoms with Crippen LogP contribution in [-0.4, -0.2) is 9.97 Å². The second-order valence-electron chi connectivity index (χ2n) is 7.25. The van der Waals surface area contributed by atoms with Crippen molar-refractivity contribution in [2.24, 2.45) is 0 Å². The number of hydrogen-bond donors (Lipinski definition) is 0. The van der Waals surface area contributed by atoms with Gasteiger partial charge in [-0.1, -0.05) is 24.3 Å². The van der Waals surface area contributed by atoms with E-state index in [-0.39, 0.29) is 22.6 Å². The topological polar surface area (TPSA) is 102 Å². The van der Waals surface area contributed by atoms with E-state index in [1.807, 2.05) is 36.4 Å². The number of hydrogen-bond acceptors (Lipinski definition) is 5. The third kappa shape index (κ3) is 2.98. The van der Waals surface area contributed by atoms with Gasteiger partial charge in [-0.2, -0.15) is 10.5 Å². The van der Waals surface area contributed by atoms with E-state index >= 15 is 0 Å². The number of benzene rings is 3. The van der Waals surface area contributed by atoms with Crippen LogP contribution in [0.3, 0.4) is 0 Å². The van der Waals surface area contributed by atoms with E-state index in [4.69, 9.17) is 6.57 Å². The summed E-state index contributed by atoms with van der Waals surface area (Å²) in [4.78, 5) is 12.7. The normalized spacial score (nSPS) is 12.6. The van der Waals surface area contributed by atoms with Crippen molar-refractivity contribution in [1.82, 2.24) is 9.97 Å². The first-order chi connectivity index (χ1) is 16.1. The van der Waals surface area contributed by atoms with Gasteiger partial charge in [-0.15, -0.1) is 0 Å². The van der Waals surface area contributed by atoms with E-state index in [0.29, 0.717) is 39.1 Å². The number of allylic oxidation sites excluding steroid dienone is 1. The third-order valence-corrected chi connectivity index (χ3v) is 5.46. The molecule has 0 unspecified atom stereocenters. The van der Waals surface area contributed by atoms with E-state index in [0.717, 1.165) is 11.1 Å². The first-order valence-electron chi connectivity index (χ1n) is 9.67. The average molecular weight is 424 g/mol. The number of nitrogens with zero attached hydrogens (tertiary/aromatic N) is 6. The third-order valence-electron chi connectivity index (χ3n) is 5.46. The van der Waals surface area contributed by atoms with Gasteiger partial charge in [0.25, 0.3) is 5.70 Å². The average Bonchev–Trinajstić information content (AvgIpc) is 3.15. The second kappa shape index (κ2) is 7.40. The van der Waals surface area contributed by atoms with E-state index in [9.17, 15) is 20.2 Å². The summed E-state index contributed by atoms with van der Waals surface area (Å²) >= 11 is 0. The molecule has 0 spiro atoms. The minimum absolute atomic E-state index is 0.131. The SMILES string of the molecule is [C-]#[N+]/C(C#N)=C1\c2cc(-c3ccc(F)cc3)ccc2-c2nc3cc(C#N)c(C#N)cc3nc21. The molecule has 0 aliphatic heterocycles. The number of halogens is 1. The van der Waals surface area contributed by atoms with Gasteiger partial charge in [0, 0.05) is 11.1 Å². The Hall–Kier alpha value is -5.37. The maximum Gasteiger partial charge on any atom is 0.271 e.